The van der Waals surface area contributed by atoms with Crippen LogP contribution in [0.15, 0.2) is 0 Å². The van der Waals surface area contributed by atoms with Crippen molar-refractivity contribution in [2.45, 2.75) is 26.3 Å². The topological polar surface area (TPSA) is 66.4 Å². The monoisotopic (exact) mass is 219 g/mol. The lowest BCUT2D eigenvalue weighted by molar-refractivity contribution is -0.141. The first-order chi connectivity index (χ1) is 6.47. The Labute approximate surface area is 88.4 Å². The Morgan fingerprint density at radius 3 is 2.36 bits per heavy atom. The van der Waals surface area contributed by atoms with Crippen molar-refractivity contribution in [2.75, 3.05) is 12.0 Å². The number of carbonyl (C=O) groups is 2. The molecule has 1 amide bonds. The summed E-state index contributed by atoms with van der Waals surface area (Å²) in [4.78, 5) is 21.9. The summed E-state index contributed by atoms with van der Waals surface area (Å²) < 4.78 is 0. The van der Waals surface area contributed by atoms with Gasteiger partial charge in [-0.1, -0.05) is 13.8 Å². The van der Waals surface area contributed by atoms with E-state index in [0.29, 0.717) is 12.2 Å². The van der Waals surface area contributed by atoms with Gasteiger partial charge in [-0.05, 0) is 18.6 Å². The van der Waals surface area contributed by atoms with Gasteiger partial charge in [0.2, 0.25) is 5.91 Å². The minimum atomic E-state index is -0.965. The number of thioether (sulfide) groups is 1. The van der Waals surface area contributed by atoms with Crippen LogP contribution in [0.4, 0.5) is 0 Å². The van der Waals surface area contributed by atoms with Gasteiger partial charge in [-0.3, -0.25) is 4.79 Å². The van der Waals surface area contributed by atoms with Gasteiger partial charge >= 0.3 is 5.97 Å². The number of rotatable bonds is 6. The zero-order valence-corrected chi connectivity index (χ0v) is 9.56. The van der Waals surface area contributed by atoms with E-state index in [1.807, 2.05) is 13.8 Å². The lowest BCUT2D eigenvalue weighted by atomic mass is 10.0. The minimum Gasteiger partial charge on any atom is -0.480 e. The van der Waals surface area contributed by atoms with Gasteiger partial charge in [-0.15, -0.1) is 0 Å². The molecule has 5 heteroatoms. The van der Waals surface area contributed by atoms with E-state index in [1.165, 1.54) is 11.8 Å². The SMILES string of the molecule is CSCC(=O)N[C@@H](CC(C)C)C(=O)O. The van der Waals surface area contributed by atoms with E-state index in [-0.39, 0.29) is 11.8 Å². The maximum atomic E-state index is 11.1. The minimum absolute atomic E-state index is 0.217. The lowest BCUT2D eigenvalue weighted by Gasteiger charge is -2.15. The molecule has 14 heavy (non-hydrogen) atoms. The highest BCUT2D eigenvalue weighted by atomic mass is 32.2. The van der Waals surface area contributed by atoms with E-state index in [0.717, 1.165) is 0 Å². The quantitative estimate of drug-likeness (QED) is 0.698. The second-order valence-electron chi connectivity index (χ2n) is 3.52. The van der Waals surface area contributed by atoms with E-state index in [1.54, 1.807) is 6.26 Å². The first-order valence-corrected chi connectivity index (χ1v) is 5.87. The molecular weight excluding hydrogens is 202 g/mol. The molecule has 0 saturated heterocycles. The molecule has 0 fully saturated rings. The molecule has 0 aromatic carbocycles. The summed E-state index contributed by atoms with van der Waals surface area (Å²) in [6.07, 6.45) is 2.27. The Kier molecular flexibility index (Phi) is 6.36. The Morgan fingerprint density at radius 2 is 2.00 bits per heavy atom. The van der Waals surface area contributed by atoms with Gasteiger partial charge in [0.1, 0.15) is 6.04 Å². The molecule has 4 nitrogen and oxygen atoms in total. The summed E-state index contributed by atoms with van der Waals surface area (Å²) in [5.41, 5.74) is 0. The first-order valence-electron chi connectivity index (χ1n) is 4.48. The van der Waals surface area contributed by atoms with Crippen LogP contribution in [0.2, 0.25) is 0 Å². The fourth-order valence-corrected chi connectivity index (χ4v) is 1.41. The van der Waals surface area contributed by atoms with Gasteiger partial charge < -0.3 is 10.4 Å². The molecule has 0 aliphatic heterocycles. The number of aliphatic carboxylic acids is 1. The smallest absolute Gasteiger partial charge is 0.326 e. The van der Waals surface area contributed by atoms with Crippen LogP contribution >= 0.6 is 11.8 Å². The van der Waals surface area contributed by atoms with E-state index >= 15 is 0 Å². The van der Waals surface area contributed by atoms with Crippen molar-refractivity contribution in [3.8, 4) is 0 Å². The average molecular weight is 219 g/mol. The van der Waals surface area contributed by atoms with Gasteiger partial charge in [-0.25, -0.2) is 4.79 Å². The molecule has 0 aliphatic rings. The van der Waals surface area contributed by atoms with Gasteiger partial charge in [0.15, 0.2) is 0 Å². The van der Waals surface area contributed by atoms with Crippen molar-refractivity contribution in [1.29, 1.82) is 0 Å². The molecule has 0 unspecified atom stereocenters. The van der Waals surface area contributed by atoms with Crippen molar-refractivity contribution in [3.63, 3.8) is 0 Å². The number of nitrogens with one attached hydrogen (secondary N) is 1. The van der Waals surface area contributed by atoms with Crippen LogP contribution in [0.3, 0.4) is 0 Å². The van der Waals surface area contributed by atoms with Gasteiger partial charge in [0, 0.05) is 0 Å². The molecule has 0 spiro atoms. The molecule has 82 valence electrons. The fourth-order valence-electron chi connectivity index (χ4n) is 1.06. The van der Waals surface area contributed by atoms with E-state index in [4.69, 9.17) is 5.11 Å². The van der Waals surface area contributed by atoms with Crippen LogP contribution < -0.4 is 5.32 Å². The average Bonchev–Trinajstić information content (AvgIpc) is 2.02. The van der Waals surface area contributed by atoms with Crippen molar-refractivity contribution < 1.29 is 14.7 Å². The van der Waals surface area contributed by atoms with Crippen LogP contribution in [0.5, 0.6) is 0 Å². The predicted octanol–water partition coefficient (Wildman–Crippen LogP) is 0.965. The Bertz CT molecular complexity index is 206. The molecule has 0 aromatic rings. The molecule has 0 rings (SSSR count). The van der Waals surface area contributed by atoms with Crippen LogP contribution in [0.1, 0.15) is 20.3 Å². The highest BCUT2D eigenvalue weighted by Crippen LogP contribution is 2.05. The summed E-state index contributed by atoms with van der Waals surface area (Å²) in [6, 6.07) is -0.755. The highest BCUT2D eigenvalue weighted by molar-refractivity contribution is 7.99. The number of amides is 1. The van der Waals surface area contributed by atoms with Crippen LogP contribution in [0, 0.1) is 5.92 Å². The number of hydrogen-bond donors (Lipinski definition) is 2. The third-order valence-electron chi connectivity index (χ3n) is 1.62. The van der Waals surface area contributed by atoms with Crippen molar-refractivity contribution in [2.24, 2.45) is 5.92 Å². The standard InChI is InChI=1S/C9H17NO3S/c1-6(2)4-7(9(12)13)10-8(11)5-14-3/h6-7H,4-5H2,1-3H3,(H,10,11)(H,12,13)/t7-/m0/s1. The zero-order valence-electron chi connectivity index (χ0n) is 8.74. The fraction of sp³-hybridized carbons (Fsp3) is 0.778. The number of hydrogen-bond acceptors (Lipinski definition) is 3. The summed E-state index contributed by atoms with van der Waals surface area (Å²) in [5.74, 6) is -0.619. The summed E-state index contributed by atoms with van der Waals surface area (Å²) in [5, 5.41) is 11.3. The second kappa shape index (κ2) is 6.70. The van der Waals surface area contributed by atoms with Crippen LogP contribution in [0.25, 0.3) is 0 Å². The molecule has 0 bridgehead atoms. The first kappa shape index (κ1) is 13.3. The second-order valence-corrected chi connectivity index (χ2v) is 4.39. The molecule has 0 aliphatic carbocycles. The molecular formula is C9H17NO3S. The van der Waals surface area contributed by atoms with Gasteiger partial charge in [-0.2, -0.15) is 11.8 Å². The van der Waals surface area contributed by atoms with Crippen molar-refractivity contribution in [1.82, 2.24) is 5.32 Å². The van der Waals surface area contributed by atoms with Crippen LogP contribution in [-0.4, -0.2) is 35.0 Å². The third-order valence-corrected chi connectivity index (χ3v) is 2.17. The maximum absolute atomic E-state index is 11.1. The van der Waals surface area contributed by atoms with Crippen LogP contribution in [-0.2, 0) is 9.59 Å². The van der Waals surface area contributed by atoms with Gasteiger partial charge in [0.05, 0.1) is 5.75 Å². The van der Waals surface area contributed by atoms with E-state index in [9.17, 15) is 9.59 Å². The number of carbonyl (C=O) groups excluding carboxylic acids is 1. The predicted molar refractivity (Wildman–Crippen MR) is 57.4 cm³/mol. The van der Waals surface area contributed by atoms with E-state index < -0.39 is 12.0 Å². The Balaban J connectivity index is 4.09. The molecule has 0 heterocycles. The largest absolute Gasteiger partial charge is 0.480 e. The Hall–Kier alpha value is -0.710. The molecule has 0 saturated carbocycles. The molecule has 0 aromatic heterocycles. The summed E-state index contributed by atoms with van der Waals surface area (Å²) in [7, 11) is 0. The summed E-state index contributed by atoms with van der Waals surface area (Å²) in [6.45, 7) is 3.85. The van der Waals surface area contributed by atoms with Crippen molar-refractivity contribution in [3.05, 3.63) is 0 Å². The van der Waals surface area contributed by atoms with E-state index in [2.05, 4.69) is 5.32 Å². The van der Waals surface area contributed by atoms with Gasteiger partial charge in [0.25, 0.3) is 0 Å². The van der Waals surface area contributed by atoms with Crippen molar-refractivity contribution >= 4 is 23.6 Å². The number of carboxylic acid groups (broad SMARTS) is 1. The molecule has 2 N–H and O–H groups in total. The molecule has 0 radical (unpaired) electrons. The maximum Gasteiger partial charge on any atom is 0.326 e. The summed E-state index contributed by atoms with van der Waals surface area (Å²) >= 11 is 1.38. The zero-order chi connectivity index (χ0) is 11.1. The number of carboxylic acids is 1. The Morgan fingerprint density at radius 1 is 1.43 bits per heavy atom. The highest BCUT2D eigenvalue weighted by Gasteiger charge is 2.20. The third kappa shape index (κ3) is 5.85. The molecule has 1 atom stereocenters. The lowest BCUT2D eigenvalue weighted by Crippen LogP contribution is -2.42. The normalized spacial score (nSPS) is 12.6.